The first-order valence-electron chi connectivity index (χ1n) is 7.49. The summed E-state index contributed by atoms with van der Waals surface area (Å²) in [6, 6.07) is 5.90. The van der Waals surface area contributed by atoms with Crippen molar-refractivity contribution >= 4 is 16.1 Å². The molecule has 23 heavy (non-hydrogen) atoms. The lowest BCUT2D eigenvalue weighted by Gasteiger charge is -2.14. The van der Waals surface area contributed by atoms with E-state index in [0.717, 1.165) is 18.5 Å². The van der Waals surface area contributed by atoms with Crippen molar-refractivity contribution in [2.45, 2.75) is 45.1 Å². The number of benzene rings is 1. The standard InChI is InChI=1S/C9H17NO2.C7H8O3S/c1-4-12-8(11)7-5-9(2,3)6-10-7;1-6-2-4-7(5-3-6)11(8,9)10/h7,10H,4-6H2,1-3H3;2-5H,1H3,(H,8,9,10)/t7-;/m1./s1. The number of esters is 1. The van der Waals surface area contributed by atoms with Crippen molar-refractivity contribution in [3.8, 4) is 0 Å². The maximum atomic E-state index is 11.2. The van der Waals surface area contributed by atoms with Gasteiger partial charge in [0.05, 0.1) is 11.5 Å². The molecule has 0 aliphatic carbocycles. The van der Waals surface area contributed by atoms with Crippen LogP contribution in [0.3, 0.4) is 0 Å². The molecular weight excluding hydrogens is 318 g/mol. The molecule has 0 amide bonds. The lowest BCUT2D eigenvalue weighted by molar-refractivity contribution is -0.145. The normalized spacial score (nSPS) is 19.6. The summed E-state index contributed by atoms with van der Waals surface area (Å²) in [6.45, 7) is 9.35. The molecule has 0 unspecified atom stereocenters. The molecule has 1 aliphatic rings. The zero-order chi connectivity index (χ0) is 17.7. The molecule has 0 radical (unpaired) electrons. The van der Waals surface area contributed by atoms with Gasteiger partial charge >= 0.3 is 5.97 Å². The van der Waals surface area contributed by atoms with Crippen LogP contribution < -0.4 is 5.32 Å². The molecule has 2 N–H and O–H groups in total. The highest BCUT2D eigenvalue weighted by atomic mass is 32.2. The molecule has 1 heterocycles. The monoisotopic (exact) mass is 343 g/mol. The Kier molecular flexibility index (Phi) is 6.73. The topological polar surface area (TPSA) is 92.7 Å². The van der Waals surface area contributed by atoms with Gasteiger partial charge in [0.25, 0.3) is 10.1 Å². The second-order valence-corrected chi connectivity index (χ2v) is 7.76. The van der Waals surface area contributed by atoms with E-state index in [2.05, 4.69) is 19.2 Å². The van der Waals surface area contributed by atoms with Crippen molar-refractivity contribution in [1.82, 2.24) is 5.32 Å². The van der Waals surface area contributed by atoms with E-state index in [1.54, 1.807) is 12.1 Å². The summed E-state index contributed by atoms with van der Waals surface area (Å²) in [5.74, 6) is -0.108. The molecule has 0 bridgehead atoms. The van der Waals surface area contributed by atoms with Crippen LogP contribution in [-0.4, -0.2) is 38.1 Å². The van der Waals surface area contributed by atoms with Gasteiger partial charge in [-0.3, -0.25) is 9.35 Å². The lowest BCUT2D eigenvalue weighted by atomic mass is 9.91. The van der Waals surface area contributed by atoms with Gasteiger partial charge in [-0.25, -0.2) is 0 Å². The van der Waals surface area contributed by atoms with Gasteiger partial charge in [-0.2, -0.15) is 8.42 Å². The molecule has 130 valence electrons. The minimum Gasteiger partial charge on any atom is -0.465 e. The third-order valence-electron chi connectivity index (χ3n) is 3.47. The van der Waals surface area contributed by atoms with Crippen molar-refractivity contribution in [2.24, 2.45) is 5.41 Å². The highest BCUT2D eigenvalue weighted by molar-refractivity contribution is 7.85. The van der Waals surface area contributed by atoms with Gasteiger partial charge in [0.1, 0.15) is 6.04 Å². The Balaban J connectivity index is 0.000000231. The Morgan fingerprint density at radius 3 is 2.30 bits per heavy atom. The van der Waals surface area contributed by atoms with Crippen LogP contribution in [-0.2, 0) is 19.6 Å². The molecule has 1 aromatic rings. The van der Waals surface area contributed by atoms with Gasteiger partial charge in [0, 0.05) is 6.54 Å². The zero-order valence-electron chi connectivity index (χ0n) is 14.0. The number of rotatable bonds is 3. The molecule has 1 fully saturated rings. The van der Waals surface area contributed by atoms with Crippen molar-refractivity contribution in [1.29, 1.82) is 0 Å². The van der Waals surface area contributed by atoms with Crippen LogP contribution in [0.25, 0.3) is 0 Å². The first kappa shape index (κ1) is 19.6. The fourth-order valence-corrected chi connectivity index (χ4v) is 2.70. The van der Waals surface area contributed by atoms with E-state index in [0.29, 0.717) is 6.61 Å². The Hall–Kier alpha value is -1.44. The van der Waals surface area contributed by atoms with Gasteiger partial charge in [-0.15, -0.1) is 0 Å². The molecule has 1 aliphatic heterocycles. The number of hydrogen-bond acceptors (Lipinski definition) is 5. The van der Waals surface area contributed by atoms with Crippen LogP contribution in [0.5, 0.6) is 0 Å². The van der Waals surface area contributed by atoms with Gasteiger partial charge in [-0.1, -0.05) is 31.5 Å². The summed E-state index contributed by atoms with van der Waals surface area (Å²) in [5.41, 5.74) is 1.19. The molecule has 7 heteroatoms. The van der Waals surface area contributed by atoms with E-state index in [1.165, 1.54) is 12.1 Å². The molecule has 0 saturated carbocycles. The summed E-state index contributed by atoms with van der Waals surface area (Å²) in [5, 5.41) is 3.16. The molecule has 0 aromatic heterocycles. The number of ether oxygens (including phenoxy) is 1. The third-order valence-corrected chi connectivity index (χ3v) is 4.34. The van der Waals surface area contributed by atoms with Gasteiger partial charge in [0.2, 0.25) is 0 Å². The molecule has 1 atom stereocenters. The Morgan fingerprint density at radius 1 is 1.35 bits per heavy atom. The Morgan fingerprint density at radius 2 is 1.91 bits per heavy atom. The van der Waals surface area contributed by atoms with Gasteiger partial charge < -0.3 is 10.1 Å². The first-order chi connectivity index (χ1) is 10.5. The van der Waals surface area contributed by atoms with Crippen LogP contribution in [0.2, 0.25) is 0 Å². The molecule has 0 spiro atoms. The molecular formula is C16H25NO5S. The fourth-order valence-electron chi connectivity index (χ4n) is 2.22. The first-order valence-corrected chi connectivity index (χ1v) is 8.93. The minimum atomic E-state index is -4.02. The van der Waals surface area contributed by atoms with Crippen LogP contribution in [0.4, 0.5) is 0 Å². The van der Waals surface area contributed by atoms with E-state index < -0.39 is 10.1 Å². The van der Waals surface area contributed by atoms with E-state index in [-0.39, 0.29) is 22.3 Å². The fraction of sp³-hybridized carbons (Fsp3) is 0.562. The van der Waals surface area contributed by atoms with Gasteiger partial charge in [-0.05, 0) is 37.8 Å². The maximum absolute atomic E-state index is 11.2. The highest BCUT2D eigenvalue weighted by Crippen LogP contribution is 2.27. The highest BCUT2D eigenvalue weighted by Gasteiger charge is 2.35. The predicted molar refractivity (Wildman–Crippen MR) is 87.8 cm³/mol. The van der Waals surface area contributed by atoms with Crippen LogP contribution >= 0.6 is 0 Å². The predicted octanol–water partition coefficient (Wildman–Crippen LogP) is 2.18. The average Bonchev–Trinajstić information content (AvgIpc) is 2.80. The van der Waals surface area contributed by atoms with E-state index in [4.69, 9.17) is 9.29 Å². The summed E-state index contributed by atoms with van der Waals surface area (Å²) in [6.07, 6.45) is 0.881. The lowest BCUT2D eigenvalue weighted by Crippen LogP contribution is -2.32. The molecule has 1 saturated heterocycles. The Bertz CT molecular complexity index is 622. The van der Waals surface area contributed by atoms with Crippen LogP contribution in [0.1, 0.15) is 32.8 Å². The molecule has 1 aromatic carbocycles. The maximum Gasteiger partial charge on any atom is 0.323 e. The average molecular weight is 343 g/mol. The quantitative estimate of drug-likeness (QED) is 0.645. The second-order valence-electron chi connectivity index (χ2n) is 6.34. The third kappa shape index (κ3) is 6.68. The minimum absolute atomic E-state index is 0.0666. The SMILES string of the molecule is CCOC(=O)[C@H]1CC(C)(C)CN1.Cc1ccc(S(=O)(=O)O)cc1. The van der Waals surface area contributed by atoms with Crippen molar-refractivity contribution < 1.29 is 22.5 Å². The van der Waals surface area contributed by atoms with E-state index in [9.17, 15) is 13.2 Å². The number of nitrogens with one attached hydrogen (secondary N) is 1. The largest absolute Gasteiger partial charge is 0.465 e. The number of aryl methyl sites for hydroxylation is 1. The number of hydrogen-bond donors (Lipinski definition) is 2. The Labute approximate surface area is 138 Å². The van der Waals surface area contributed by atoms with Crippen molar-refractivity contribution in [3.63, 3.8) is 0 Å². The molecule has 2 rings (SSSR count). The second kappa shape index (κ2) is 7.90. The zero-order valence-corrected chi connectivity index (χ0v) is 14.8. The summed E-state index contributed by atoms with van der Waals surface area (Å²) in [7, 11) is -4.02. The van der Waals surface area contributed by atoms with Crippen molar-refractivity contribution in [2.75, 3.05) is 13.2 Å². The molecule has 6 nitrogen and oxygen atoms in total. The van der Waals surface area contributed by atoms with Gasteiger partial charge in [0.15, 0.2) is 0 Å². The van der Waals surface area contributed by atoms with E-state index >= 15 is 0 Å². The number of carbonyl (C=O) groups is 1. The van der Waals surface area contributed by atoms with Crippen LogP contribution in [0.15, 0.2) is 29.2 Å². The summed E-state index contributed by atoms with van der Waals surface area (Å²) < 4.78 is 34.5. The number of carbonyl (C=O) groups excluding carboxylic acids is 1. The summed E-state index contributed by atoms with van der Waals surface area (Å²) >= 11 is 0. The van der Waals surface area contributed by atoms with E-state index in [1.807, 2.05) is 13.8 Å². The smallest absolute Gasteiger partial charge is 0.323 e. The van der Waals surface area contributed by atoms with Crippen molar-refractivity contribution in [3.05, 3.63) is 29.8 Å². The summed E-state index contributed by atoms with van der Waals surface area (Å²) in [4.78, 5) is 11.2. The van der Waals surface area contributed by atoms with Crippen LogP contribution in [0, 0.1) is 12.3 Å².